The van der Waals surface area contributed by atoms with Gasteiger partial charge in [-0.05, 0) is 76.0 Å². The molecule has 3 atom stereocenters. The monoisotopic (exact) mass is 360 g/mol. The van der Waals surface area contributed by atoms with Crippen LogP contribution >= 0.6 is 0 Å². The van der Waals surface area contributed by atoms with Crippen LogP contribution in [0.2, 0.25) is 0 Å². The van der Waals surface area contributed by atoms with E-state index in [4.69, 9.17) is 9.72 Å². The molecule has 27 heavy (non-hydrogen) atoms. The number of hydrogen-bond donors (Lipinski definition) is 0. The molecule has 2 aliphatic carbocycles. The van der Waals surface area contributed by atoms with Crippen LogP contribution in [0.25, 0.3) is 0 Å². The minimum Gasteiger partial charge on any atom is -0.439 e. The summed E-state index contributed by atoms with van der Waals surface area (Å²) in [6.07, 6.45) is 6.52. The molecule has 3 heteroatoms. The first-order chi connectivity index (χ1) is 12.9. The Bertz CT molecular complexity index is 914. The van der Waals surface area contributed by atoms with E-state index in [1.807, 2.05) is 24.3 Å². The number of aromatic nitrogens is 1. The second-order valence-corrected chi connectivity index (χ2v) is 8.20. The lowest BCUT2D eigenvalue weighted by Gasteiger charge is -2.54. The van der Waals surface area contributed by atoms with Gasteiger partial charge in [0.2, 0.25) is 5.88 Å². The molecule has 0 spiro atoms. The molecule has 0 radical (unpaired) electrons. The second-order valence-electron chi connectivity index (χ2n) is 8.20. The van der Waals surface area contributed by atoms with Crippen molar-refractivity contribution in [1.82, 2.24) is 9.88 Å². The van der Waals surface area contributed by atoms with Crippen molar-refractivity contribution in [3.63, 3.8) is 0 Å². The maximum Gasteiger partial charge on any atom is 0.219 e. The van der Waals surface area contributed by atoms with Gasteiger partial charge in [-0.15, -0.1) is 6.58 Å². The van der Waals surface area contributed by atoms with Gasteiger partial charge in [-0.2, -0.15) is 0 Å². The van der Waals surface area contributed by atoms with E-state index < -0.39 is 0 Å². The van der Waals surface area contributed by atoms with Crippen molar-refractivity contribution in [1.29, 1.82) is 0 Å². The molecule has 2 aliphatic rings. The maximum atomic E-state index is 6.05. The SMILES string of the molecule is C=C[C@@H]1[C@H]2C=C(C)C[C@]1(N(C)C)c1ccc(Oc3cccc(C)c3)nc1C2. The van der Waals surface area contributed by atoms with Gasteiger partial charge < -0.3 is 4.74 Å². The first kappa shape index (κ1) is 18.0. The maximum absolute atomic E-state index is 6.05. The summed E-state index contributed by atoms with van der Waals surface area (Å²) in [7, 11) is 4.36. The van der Waals surface area contributed by atoms with E-state index in [1.54, 1.807) is 0 Å². The highest BCUT2D eigenvalue weighted by atomic mass is 16.5. The topological polar surface area (TPSA) is 25.4 Å². The zero-order chi connectivity index (χ0) is 19.2. The fourth-order valence-electron chi connectivity index (χ4n) is 5.06. The van der Waals surface area contributed by atoms with E-state index in [0.29, 0.717) is 17.7 Å². The first-order valence-corrected chi connectivity index (χ1v) is 9.66. The molecule has 0 N–H and O–H groups in total. The number of hydrogen-bond acceptors (Lipinski definition) is 3. The molecule has 0 amide bonds. The quantitative estimate of drug-likeness (QED) is 0.695. The van der Waals surface area contributed by atoms with Gasteiger partial charge >= 0.3 is 0 Å². The summed E-state index contributed by atoms with van der Waals surface area (Å²) in [6.45, 7) is 8.49. The minimum atomic E-state index is -0.0757. The Morgan fingerprint density at radius 3 is 2.74 bits per heavy atom. The summed E-state index contributed by atoms with van der Waals surface area (Å²) in [5.74, 6) is 2.34. The number of aryl methyl sites for hydroxylation is 1. The van der Waals surface area contributed by atoms with Crippen molar-refractivity contribution in [3.05, 3.63) is 77.5 Å². The van der Waals surface area contributed by atoms with Gasteiger partial charge in [0.25, 0.3) is 0 Å². The molecule has 3 nitrogen and oxygen atoms in total. The average molecular weight is 361 g/mol. The highest BCUT2D eigenvalue weighted by molar-refractivity contribution is 5.43. The Kier molecular flexibility index (Phi) is 4.43. The number of allylic oxidation sites excluding steroid dienone is 1. The second kappa shape index (κ2) is 6.65. The summed E-state index contributed by atoms with van der Waals surface area (Å²) in [5, 5.41) is 0. The van der Waals surface area contributed by atoms with Gasteiger partial charge in [0.1, 0.15) is 5.75 Å². The standard InChI is InChI=1S/C24H28N2O/c1-6-20-18-12-17(3)15-24(20,26(4)5)21-10-11-23(25-22(21)14-18)27-19-9-7-8-16(2)13-19/h6-13,18,20H,1,14-15H2,2-5H3/t18-,20+,24+/m0/s1. The van der Waals surface area contributed by atoms with Gasteiger partial charge in [0.05, 0.1) is 11.2 Å². The van der Waals surface area contributed by atoms with Crippen LogP contribution in [0.3, 0.4) is 0 Å². The van der Waals surface area contributed by atoms with E-state index in [0.717, 1.165) is 24.3 Å². The van der Waals surface area contributed by atoms with Gasteiger partial charge in [0, 0.05) is 12.0 Å². The molecule has 2 bridgehead atoms. The summed E-state index contributed by atoms with van der Waals surface area (Å²) in [4.78, 5) is 7.29. The largest absolute Gasteiger partial charge is 0.439 e. The van der Waals surface area contributed by atoms with Crippen LogP contribution in [0.1, 0.15) is 30.2 Å². The molecule has 0 fully saturated rings. The predicted octanol–water partition coefficient (Wildman–Crippen LogP) is 5.26. The van der Waals surface area contributed by atoms with E-state index in [1.165, 1.54) is 16.7 Å². The van der Waals surface area contributed by atoms with E-state index >= 15 is 0 Å². The molecular weight excluding hydrogens is 332 g/mol. The van der Waals surface area contributed by atoms with Crippen LogP contribution in [0.4, 0.5) is 0 Å². The lowest BCUT2D eigenvalue weighted by atomic mass is 9.59. The molecule has 0 aliphatic heterocycles. The summed E-state index contributed by atoms with van der Waals surface area (Å²) in [5.41, 5.74) is 5.03. The molecule has 140 valence electrons. The molecule has 4 rings (SSSR count). The lowest BCUT2D eigenvalue weighted by molar-refractivity contribution is 0.0537. The Balaban J connectivity index is 1.77. The number of pyridine rings is 1. The average Bonchev–Trinajstić information content (AvgIpc) is 2.60. The minimum absolute atomic E-state index is 0.0757. The molecule has 1 aromatic carbocycles. The smallest absolute Gasteiger partial charge is 0.219 e. The zero-order valence-corrected chi connectivity index (χ0v) is 16.7. The van der Waals surface area contributed by atoms with Crippen LogP contribution in [-0.4, -0.2) is 24.0 Å². The van der Waals surface area contributed by atoms with Crippen molar-refractivity contribution in [2.24, 2.45) is 11.8 Å². The zero-order valence-electron chi connectivity index (χ0n) is 16.7. The van der Waals surface area contributed by atoms with Gasteiger partial charge in [-0.3, -0.25) is 4.90 Å². The van der Waals surface area contributed by atoms with Crippen molar-refractivity contribution in [2.75, 3.05) is 14.1 Å². The summed E-state index contributed by atoms with van der Waals surface area (Å²) < 4.78 is 6.05. The highest BCUT2D eigenvalue weighted by Gasteiger charge is 2.51. The summed E-state index contributed by atoms with van der Waals surface area (Å²) in [6, 6.07) is 12.3. The van der Waals surface area contributed by atoms with Crippen LogP contribution in [0, 0.1) is 18.8 Å². The van der Waals surface area contributed by atoms with Crippen LogP contribution in [0.15, 0.2) is 60.7 Å². The number of rotatable bonds is 4. The normalized spacial score (nSPS) is 26.3. The molecule has 1 aromatic heterocycles. The molecule has 2 aromatic rings. The fraction of sp³-hybridized carbons (Fsp3) is 0.375. The van der Waals surface area contributed by atoms with Gasteiger partial charge in [-0.25, -0.2) is 4.98 Å². The number of benzene rings is 1. The van der Waals surface area contributed by atoms with E-state index in [2.05, 4.69) is 63.7 Å². The van der Waals surface area contributed by atoms with Crippen LogP contribution in [-0.2, 0) is 12.0 Å². The van der Waals surface area contributed by atoms with Crippen molar-refractivity contribution in [3.8, 4) is 11.6 Å². The number of nitrogens with zero attached hydrogens (tertiary/aromatic N) is 2. The predicted molar refractivity (Wildman–Crippen MR) is 110 cm³/mol. The highest BCUT2D eigenvalue weighted by Crippen LogP contribution is 2.53. The molecule has 0 saturated carbocycles. The van der Waals surface area contributed by atoms with E-state index in [-0.39, 0.29) is 5.54 Å². The number of fused-ring (bicyclic) bond motifs is 4. The molecule has 0 unspecified atom stereocenters. The third-order valence-electron chi connectivity index (χ3n) is 6.17. The van der Waals surface area contributed by atoms with E-state index in [9.17, 15) is 0 Å². The molecular formula is C24H28N2O. The Morgan fingerprint density at radius 1 is 1.22 bits per heavy atom. The summed E-state index contributed by atoms with van der Waals surface area (Å²) >= 11 is 0. The van der Waals surface area contributed by atoms with Crippen LogP contribution < -0.4 is 4.74 Å². The van der Waals surface area contributed by atoms with Crippen LogP contribution in [0.5, 0.6) is 11.6 Å². The Morgan fingerprint density at radius 2 is 2.04 bits per heavy atom. The number of ether oxygens (including phenoxy) is 1. The van der Waals surface area contributed by atoms with Crippen molar-refractivity contribution < 1.29 is 4.74 Å². The fourth-order valence-corrected chi connectivity index (χ4v) is 5.06. The van der Waals surface area contributed by atoms with Gasteiger partial charge in [-0.1, -0.05) is 29.9 Å². The Labute approximate surface area is 162 Å². The molecule has 0 saturated heterocycles. The third kappa shape index (κ3) is 2.90. The third-order valence-corrected chi connectivity index (χ3v) is 6.17. The van der Waals surface area contributed by atoms with Crippen molar-refractivity contribution in [2.45, 2.75) is 32.2 Å². The van der Waals surface area contributed by atoms with Gasteiger partial charge in [0.15, 0.2) is 0 Å². The van der Waals surface area contributed by atoms with Crippen molar-refractivity contribution >= 4 is 0 Å². The first-order valence-electron chi connectivity index (χ1n) is 9.66. The molecule has 1 heterocycles. The Hall–Kier alpha value is -2.39. The lowest BCUT2D eigenvalue weighted by Crippen LogP contribution is -2.54.